The summed E-state index contributed by atoms with van der Waals surface area (Å²) in [6, 6.07) is 7.95. The van der Waals surface area contributed by atoms with Crippen LogP contribution in [0, 0.1) is 12.7 Å². The first-order valence-electron chi connectivity index (χ1n) is 6.10. The van der Waals surface area contributed by atoms with Crippen LogP contribution < -0.4 is 5.32 Å². The lowest BCUT2D eigenvalue weighted by atomic mass is 10.1. The van der Waals surface area contributed by atoms with E-state index in [9.17, 15) is 4.39 Å². The van der Waals surface area contributed by atoms with Gasteiger partial charge in [0.2, 0.25) is 5.28 Å². The summed E-state index contributed by atoms with van der Waals surface area (Å²) in [5.41, 5.74) is 3.01. The molecule has 0 aliphatic carbocycles. The molecule has 3 rings (SSSR count). The maximum atomic E-state index is 13.6. The van der Waals surface area contributed by atoms with Gasteiger partial charge in [0.25, 0.3) is 0 Å². The van der Waals surface area contributed by atoms with E-state index in [-0.39, 0.29) is 11.1 Å². The summed E-state index contributed by atoms with van der Waals surface area (Å²) in [4.78, 5) is 11.8. The minimum atomic E-state index is -0.577. The van der Waals surface area contributed by atoms with Crippen molar-refractivity contribution in [1.29, 1.82) is 0 Å². The lowest BCUT2D eigenvalue weighted by Crippen LogP contribution is -1.98. The number of halogens is 2. The highest BCUT2D eigenvalue weighted by Gasteiger charge is 2.10. The molecule has 0 aliphatic rings. The average molecular weight is 321 g/mol. The zero-order chi connectivity index (χ0) is 14.8. The SMILES string of the molecule is Cc1ccccc1-c1csc(Nc2nc(Cl)ncc2F)n1. The fourth-order valence-electron chi connectivity index (χ4n) is 1.85. The fraction of sp³-hybridized carbons (Fsp3) is 0.0714. The van der Waals surface area contributed by atoms with Crippen molar-refractivity contribution in [1.82, 2.24) is 15.0 Å². The molecular formula is C14H10ClFN4S. The molecular weight excluding hydrogens is 311 g/mol. The second-order valence-electron chi connectivity index (χ2n) is 4.31. The molecule has 4 nitrogen and oxygen atoms in total. The van der Waals surface area contributed by atoms with Crippen molar-refractivity contribution < 1.29 is 4.39 Å². The second kappa shape index (κ2) is 5.75. The van der Waals surface area contributed by atoms with Crippen molar-refractivity contribution in [2.45, 2.75) is 6.92 Å². The third-order valence-electron chi connectivity index (χ3n) is 2.87. The molecule has 0 radical (unpaired) electrons. The molecule has 0 bridgehead atoms. The molecule has 0 fully saturated rings. The van der Waals surface area contributed by atoms with E-state index >= 15 is 0 Å². The van der Waals surface area contributed by atoms with Gasteiger partial charge in [-0.05, 0) is 24.1 Å². The van der Waals surface area contributed by atoms with Crippen molar-refractivity contribution in [2.24, 2.45) is 0 Å². The number of benzene rings is 1. The zero-order valence-electron chi connectivity index (χ0n) is 11.0. The molecule has 2 aromatic heterocycles. The largest absolute Gasteiger partial charge is 0.314 e. The highest BCUT2D eigenvalue weighted by molar-refractivity contribution is 7.14. The first-order chi connectivity index (χ1) is 10.1. The van der Waals surface area contributed by atoms with Gasteiger partial charge in [-0.2, -0.15) is 4.98 Å². The number of aryl methyl sites for hydroxylation is 1. The number of hydrogen-bond donors (Lipinski definition) is 1. The van der Waals surface area contributed by atoms with Gasteiger partial charge in [0.1, 0.15) is 0 Å². The Morgan fingerprint density at radius 2 is 2.05 bits per heavy atom. The Hall–Kier alpha value is -2.05. The highest BCUT2D eigenvalue weighted by atomic mass is 35.5. The van der Waals surface area contributed by atoms with Crippen LogP contribution in [0.25, 0.3) is 11.3 Å². The number of thiazole rings is 1. The second-order valence-corrected chi connectivity index (χ2v) is 5.51. The van der Waals surface area contributed by atoms with Gasteiger partial charge in [-0.25, -0.2) is 14.4 Å². The minimum Gasteiger partial charge on any atom is -0.314 e. The molecule has 0 atom stereocenters. The summed E-state index contributed by atoms with van der Waals surface area (Å²) < 4.78 is 13.6. The zero-order valence-corrected chi connectivity index (χ0v) is 12.5. The van der Waals surface area contributed by atoms with Gasteiger partial charge in [0.15, 0.2) is 16.8 Å². The lowest BCUT2D eigenvalue weighted by Gasteiger charge is -2.03. The Morgan fingerprint density at radius 3 is 2.86 bits per heavy atom. The third-order valence-corrected chi connectivity index (χ3v) is 3.81. The van der Waals surface area contributed by atoms with E-state index < -0.39 is 5.82 Å². The van der Waals surface area contributed by atoms with E-state index in [0.29, 0.717) is 5.13 Å². The number of aromatic nitrogens is 3. The van der Waals surface area contributed by atoms with E-state index in [0.717, 1.165) is 23.0 Å². The van der Waals surface area contributed by atoms with Gasteiger partial charge in [0, 0.05) is 10.9 Å². The first kappa shape index (κ1) is 13.9. The predicted octanol–water partition coefficient (Wildman–Crippen LogP) is 4.44. The van der Waals surface area contributed by atoms with Crippen molar-refractivity contribution in [3.8, 4) is 11.3 Å². The Kier molecular flexibility index (Phi) is 3.81. The molecule has 0 spiro atoms. The molecule has 1 aromatic carbocycles. The Morgan fingerprint density at radius 1 is 1.24 bits per heavy atom. The van der Waals surface area contributed by atoms with Crippen LogP contribution in [0.2, 0.25) is 5.28 Å². The van der Waals surface area contributed by atoms with E-state index in [1.807, 2.05) is 36.6 Å². The van der Waals surface area contributed by atoms with E-state index in [4.69, 9.17) is 11.6 Å². The van der Waals surface area contributed by atoms with Gasteiger partial charge in [-0.15, -0.1) is 11.3 Å². The summed E-state index contributed by atoms with van der Waals surface area (Å²) in [5.74, 6) is -0.562. The highest BCUT2D eigenvalue weighted by Crippen LogP contribution is 2.29. The smallest absolute Gasteiger partial charge is 0.224 e. The first-order valence-corrected chi connectivity index (χ1v) is 7.36. The van der Waals surface area contributed by atoms with E-state index in [1.165, 1.54) is 11.3 Å². The predicted molar refractivity (Wildman–Crippen MR) is 82.6 cm³/mol. The van der Waals surface area contributed by atoms with Gasteiger partial charge < -0.3 is 5.32 Å². The topological polar surface area (TPSA) is 50.7 Å². The van der Waals surface area contributed by atoms with Crippen LogP contribution in [-0.4, -0.2) is 15.0 Å². The Balaban J connectivity index is 1.89. The van der Waals surface area contributed by atoms with Crippen molar-refractivity contribution in [2.75, 3.05) is 5.32 Å². The molecule has 106 valence electrons. The molecule has 0 unspecified atom stereocenters. The van der Waals surface area contributed by atoms with Gasteiger partial charge in [-0.3, -0.25) is 0 Å². The molecule has 3 aromatic rings. The summed E-state index contributed by atoms with van der Waals surface area (Å²) in [6.07, 6.45) is 1.02. The van der Waals surface area contributed by atoms with Crippen LogP contribution in [0.15, 0.2) is 35.8 Å². The van der Waals surface area contributed by atoms with E-state index in [2.05, 4.69) is 20.3 Å². The minimum absolute atomic E-state index is 0.0145. The molecule has 0 saturated heterocycles. The van der Waals surface area contributed by atoms with Crippen LogP contribution in [0.3, 0.4) is 0 Å². The number of nitrogens with zero attached hydrogens (tertiary/aromatic N) is 3. The monoisotopic (exact) mass is 320 g/mol. The Labute approximate surface area is 129 Å². The molecule has 0 saturated carbocycles. The summed E-state index contributed by atoms with van der Waals surface area (Å²) >= 11 is 7.03. The molecule has 21 heavy (non-hydrogen) atoms. The van der Waals surface area contributed by atoms with Crippen LogP contribution in [-0.2, 0) is 0 Å². The van der Waals surface area contributed by atoms with Crippen LogP contribution in [0.5, 0.6) is 0 Å². The molecule has 0 amide bonds. The summed E-state index contributed by atoms with van der Waals surface area (Å²) in [7, 11) is 0. The van der Waals surface area contributed by atoms with Gasteiger partial charge in [0.05, 0.1) is 11.9 Å². The quantitative estimate of drug-likeness (QED) is 0.725. The molecule has 0 aliphatic heterocycles. The molecule has 7 heteroatoms. The maximum Gasteiger partial charge on any atom is 0.224 e. The normalized spacial score (nSPS) is 10.6. The van der Waals surface area contributed by atoms with Crippen LogP contribution in [0.4, 0.5) is 15.3 Å². The van der Waals surface area contributed by atoms with Crippen LogP contribution in [0.1, 0.15) is 5.56 Å². The van der Waals surface area contributed by atoms with Crippen molar-refractivity contribution in [3.05, 3.63) is 52.5 Å². The van der Waals surface area contributed by atoms with Crippen molar-refractivity contribution >= 4 is 33.9 Å². The number of hydrogen-bond acceptors (Lipinski definition) is 5. The maximum absolute atomic E-state index is 13.6. The van der Waals surface area contributed by atoms with Crippen molar-refractivity contribution in [3.63, 3.8) is 0 Å². The summed E-state index contributed by atoms with van der Waals surface area (Å²) in [5, 5.41) is 5.25. The van der Waals surface area contributed by atoms with E-state index in [1.54, 1.807) is 0 Å². The summed E-state index contributed by atoms with van der Waals surface area (Å²) in [6.45, 7) is 2.02. The number of rotatable bonds is 3. The fourth-order valence-corrected chi connectivity index (χ4v) is 2.69. The third kappa shape index (κ3) is 3.01. The standard InChI is InChI=1S/C14H10ClFN4S/c1-8-4-2-3-5-9(8)11-7-21-14(18-11)20-12-10(16)6-17-13(15)19-12/h2-7H,1H3,(H,17,18,19,20). The number of nitrogens with one attached hydrogen (secondary N) is 1. The molecule has 2 heterocycles. The van der Waals surface area contributed by atoms with Gasteiger partial charge in [-0.1, -0.05) is 24.3 Å². The molecule has 1 N–H and O–H groups in total. The van der Waals surface area contributed by atoms with Gasteiger partial charge >= 0.3 is 0 Å². The Bertz CT molecular complexity index is 790. The lowest BCUT2D eigenvalue weighted by molar-refractivity contribution is 0.619. The average Bonchev–Trinajstić information content (AvgIpc) is 2.92. The number of anilines is 2. The van der Waals surface area contributed by atoms with Crippen LogP contribution >= 0.6 is 22.9 Å².